The van der Waals surface area contributed by atoms with Gasteiger partial charge in [-0.15, -0.1) is 0 Å². The SMILES string of the molecule is CCCCOC(=O)c1ccc(NC(=O)c2cc(-c3ccc4c(c3)C[C@H](C)O4)on2)cc1. The van der Waals surface area contributed by atoms with Gasteiger partial charge in [-0.25, -0.2) is 4.79 Å². The third-order valence-corrected chi connectivity index (χ3v) is 5.03. The molecular formula is C24H24N2O5. The van der Waals surface area contributed by atoms with Gasteiger partial charge in [0.15, 0.2) is 11.5 Å². The van der Waals surface area contributed by atoms with Crippen LogP contribution in [0.5, 0.6) is 5.75 Å². The second kappa shape index (κ2) is 9.04. The summed E-state index contributed by atoms with van der Waals surface area (Å²) in [4.78, 5) is 24.5. The smallest absolute Gasteiger partial charge is 0.338 e. The zero-order valence-corrected chi connectivity index (χ0v) is 17.5. The summed E-state index contributed by atoms with van der Waals surface area (Å²) in [6.45, 7) is 4.46. The maximum absolute atomic E-state index is 12.5. The van der Waals surface area contributed by atoms with E-state index in [4.69, 9.17) is 14.0 Å². The van der Waals surface area contributed by atoms with Crippen LogP contribution in [0.25, 0.3) is 11.3 Å². The molecule has 1 aliphatic rings. The van der Waals surface area contributed by atoms with Crippen LogP contribution < -0.4 is 10.1 Å². The van der Waals surface area contributed by atoms with Crippen LogP contribution in [0.3, 0.4) is 0 Å². The third kappa shape index (κ3) is 4.77. The number of rotatable bonds is 7. The molecular weight excluding hydrogens is 396 g/mol. The highest BCUT2D eigenvalue weighted by atomic mass is 16.5. The maximum atomic E-state index is 12.5. The van der Waals surface area contributed by atoms with Gasteiger partial charge in [0, 0.05) is 23.7 Å². The number of hydrogen-bond donors (Lipinski definition) is 1. The van der Waals surface area contributed by atoms with Crippen molar-refractivity contribution in [2.75, 3.05) is 11.9 Å². The highest BCUT2D eigenvalue weighted by molar-refractivity contribution is 6.03. The highest BCUT2D eigenvalue weighted by Gasteiger charge is 2.21. The first-order chi connectivity index (χ1) is 15.0. The molecule has 31 heavy (non-hydrogen) atoms. The van der Waals surface area contributed by atoms with Crippen molar-refractivity contribution in [2.45, 2.75) is 39.2 Å². The van der Waals surface area contributed by atoms with Gasteiger partial charge in [0.1, 0.15) is 11.9 Å². The first-order valence-corrected chi connectivity index (χ1v) is 10.4. The van der Waals surface area contributed by atoms with E-state index in [0.717, 1.165) is 36.1 Å². The molecule has 0 aliphatic carbocycles. The molecule has 2 aromatic carbocycles. The summed E-state index contributed by atoms with van der Waals surface area (Å²) in [5, 5.41) is 6.65. The largest absolute Gasteiger partial charge is 0.490 e. The molecule has 7 heteroatoms. The van der Waals surface area contributed by atoms with E-state index >= 15 is 0 Å². The molecule has 1 aromatic heterocycles. The number of unbranched alkanes of at least 4 members (excludes halogenated alkanes) is 1. The number of nitrogens with one attached hydrogen (secondary N) is 1. The fourth-order valence-corrected chi connectivity index (χ4v) is 3.37. The molecule has 4 rings (SSSR count). The van der Waals surface area contributed by atoms with E-state index in [1.54, 1.807) is 30.3 Å². The number of nitrogens with zero attached hydrogens (tertiary/aromatic N) is 1. The Bertz CT molecular complexity index is 1090. The molecule has 160 valence electrons. The van der Waals surface area contributed by atoms with Crippen LogP contribution in [0.15, 0.2) is 53.1 Å². The summed E-state index contributed by atoms with van der Waals surface area (Å²) in [7, 11) is 0. The van der Waals surface area contributed by atoms with Crippen LogP contribution in [-0.4, -0.2) is 29.7 Å². The molecule has 0 saturated carbocycles. The lowest BCUT2D eigenvalue weighted by atomic mass is 10.1. The number of hydrogen-bond acceptors (Lipinski definition) is 6. The van der Waals surface area contributed by atoms with Gasteiger partial charge in [0.2, 0.25) is 0 Å². The topological polar surface area (TPSA) is 90.7 Å². The summed E-state index contributed by atoms with van der Waals surface area (Å²) in [6.07, 6.45) is 2.79. The van der Waals surface area contributed by atoms with Crippen LogP contribution in [0.1, 0.15) is 53.1 Å². The first kappa shape index (κ1) is 20.7. The predicted octanol–water partition coefficient (Wildman–Crippen LogP) is 4.87. The van der Waals surface area contributed by atoms with Crippen molar-refractivity contribution in [1.82, 2.24) is 5.16 Å². The molecule has 0 radical (unpaired) electrons. The fourth-order valence-electron chi connectivity index (χ4n) is 3.37. The molecule has 7 nitrogen and oxygen atoms in total. The average Bonchev–Trinajstić information content (AvgIpc) is 3.40. The van der Waals surface area contributed by atoms with Gasteiger partial charge in [-0.05, 0) is 61.4 Å². The van der Waals surface area contributed by atoms with E-state index in [0.29, 0.717) is 23.6 Å². The molecule has 1 N–H and O–H groups in total. The fraction of sp³-hybridized carbons (Fsp3) is 0.292. The molecule has 2 heterocycles. The zero-order chi connectivity index (χ0) is 21.8. The number of esters is 1. The first-order valence-electron chi connectivity index (χ1n) is 10.4. The van der Waals surface area contributed by atoms with E-state index in [-0.39, 0.29) is 17.8 Å². The molecule has 0 saturated heterocycles. The number of anilines is 1. The summed E-state index contributed by atoms with van der Waals surface area (Å²) in [5.41, 5.74) is 3.11. The van der Waals surface area contributed by atoms with Gasteiger partial charge in [-0.3, -0.25) is 4.79 Å². The van der Waals surface area contributed by atoms with Crippen LogP contribution in [0, 0.1) is 0 Å². The van der Waals surface area contributed by atoms with Gasteiger partial charge >= 0.3 is 5.97 Å². The zero-order valence-electron chi connectivity index (χ0n) is 17.5. The van der Waals surface area contributed by atoms with Gasteiger partial charge in [-0.1, -0.05) is 18.5 Å². The summed E-state index contributed by atoms with van der Waals surface area (Å²) in [5.74, 6) is 0.622. The molecule has 1 amide bonds. The Labute approximate surface area is 180 Å². The normalized spacial score (nSPS) is 14.6. The van der Waals surface area contributed by atoms with Crippen molar-refractivity contribution in [2.24, 2.45) is 0 Å². The standard InChI is InChI=1S/C24H24N2O5/c1-3-4-11-29-24(28)16-5-8-19(9-6-16)25-23(27)20-14-22(31-26-20)17-7-10-21-18(13-17)12-15(2)30-21/h5-10,13-15H,3-4,11-12H2,1-2H3,(H,25,27)/t15-/m0/s1. The van der Waals surface area contributed by atoms with Crippen LogP contribution >= 0.6 is 0 Å². The van der Waals surface area contributed by atoms with E-state index in [1.807, 2.05) is 32.0 Å². The number of carbonyl (C=O) groups is 2. The second-order valence-electron chi connectivity index (χ2n) is 7.55. The van der Waals surface area contributed by atoms with Crippen LogP contribution in [0.2, 0.25) is 0 Å². The molecule has 3 aromatic rings. The Hall–Kier alpha value is -3.61. The summed E-state index contributed by atoms with van der Waals surface area (Å²) >= 11 is 0. The third-order valence-electron chi connectivity index (χ3n) is 5.03. The minimum Gasteiger partial charge on any atom is -0.490 e. The van der Waals surface area contributed by atoms with Crippen molar-refractivity contribution in [3.05, 3.63) is 65.4 Å². The van der Waals surface area contributed by atoms with Crippen molar-refractivity contribution in [3.63, 3.8) is 0 Å². The van der Waals surface area contributed by atoms with Gasteiger partial charge < -0.3 is 19.3 Å². The van der Waals surface area contributed by atoms with E-state index in [2.05, 4.69) is 10.5 Å². The van der Waals surface area contributed by atoms with Crippen molar-refractivity contribution < 1.29 is 23.6 Å². The summed E-state index contributed by atoms with van der Waals surface area (Å²) < 4.78 is 16.3. The van der Waals surface area contributed by atoms with E-state index in [9.17, 15) is 9.59 Å². The second-order valence-corrected chi connectivity index (χ2v) is 7.55. The Balaban J connectivity index is 1.39. The average molecular weight is 420 g/mol. The monoisotopic (exact) mass is 420 g/mol. The predicted molar refractivity (Wildman–Crippen MR) is 115 cm³/mol. The van der Waals surface area contributed by atoms with Gasteiger partial charge in [-0.2, -0.15) is 0 Å². The Morgan fingerprint density at radius 2 is 1.97 bits per heavy atom. The number of amides is 1. The molecule has 1 atom stereocenters. The maximum Gasteiger partial charge on any atom is 0.338 e. The van der Waals surface area contributed by atoms with Gasteiger partial charge in [0.25, 0.3) is 5.91 Å². The molecule has 0 fully saturated rings. The summed E-state index contributed by atoms with van der Waals surface area (Å²) in [6, 6.07) is 13.9. The molecule has 1 aliphatic heterocycles. The molecule has 0 spiro atoms. The lowest BCUT2D eigenvalue weighted by Gasteiger charge is -2.06. The number of benzene rings is 2. The number of fused-ring (bicyclic) bond motifs is 1. The quantitative estimate of drug-likeness (QED) is 0.433. The minimum absolute atomic E-state index is 0.158. The Kier molecular flexibility index (Phi) is 6.02. The lowest BCUT2D eigenvalue weighted by Crippen LogP contribution is -2.12. The van der Waals surface area contributed by atoms with Crippen molar-refractivity contribution in [1.29, 1.82) is 0 Å². The Morgan fingerprint density at radius 3 is 2.74 bits per heavy atom. The number of aromatic nitrogens is 1. The molecule has 0 unspecified atom stereocenters. The minimum atomic E-state index is -0.397. The van der Waals surface area contributed by atoms with Gasteiger partial charge in [0.05, 0.1) is 12.2 Å². The number of ether oxygens (including phenoxy) is 2. The lowest BCUT2D eigenvalue weighted by molar-refractivity contribution is 0.0499. The van der Waals surface area contributed by atoms with E-state index < -0.39 is 5.91 Å². The number of carbonyl (C=O) groups excluding carboxylic acids is 2. The highest BCUT2D eigenvalue weighted by Crippen LogP contribution is 2.33. The molecule has 0 bridgehead atoms. The van der Waals surface area contributed by atoms with Crippen LogP contribution in [-0.2, 0) is 11.2 Å². The van der Waals surface area contributed by atoms with Crippen LogP contribution in [0.4, 0.5) is 5.69 Å². The van der Waals surface area contributed by atoms with E-state index in [1.165, 1.54) is 0 Å². The van der Waals surface area contributed by atoms with Crippen molar-refractivity contribution in [3.8, 4) is 17.1 Å². The Morgan fingerprint density at radius 1 is 1.16 bits per heavy atom. The van der Waals surface area contributed by atoms with Crippen molar-refractivity contribution >= 4 is 17.6 Å².